The van der Waals surface area contributed by atoms with E-state index in [2.05, 4.69) is 44.8 Å². The molecule has 0 bridgehead atoms. The molecule has 1 unspecified atom stereocenters. The highest BCUT2D eigenvalue weighted by molar-refractivity contribution is 7.13. The number of rotatable bonds is 7. The van der Waals surface area contributed by atoms with Gasteiger partial charge in [0.15, 0.2) is 5.13 Å². The third-order valence-electron chi connectivity index (χ3n) is 4.53. The van der Waals surface area contributed by atoms with Crippen molar-refractivity contribution in [3.63, 3.8) is 0 Å². The molecule has 5 nitrogen and oxygen atoms in total. The van der Waals surface area contributed by atoms with Crippen molar-refractivity contribution in [1.82, 2.24) is 15.6 Å². The molecule has 2 aromatic rings. The van der Waals surface area contributed by atoms with Gasteiger partial charge < -0.3 is 15.5 Å². The molecule has 6 heteroatoms. The molecule has 2 heterocycles. The highest BCUT2D eigenvalue weighted by Crippen LogP contribution is 2.24. The minimum atomic E-state index is -0.0561. The molecular weight excluding hydrogens is 332 g/mol. The SMILES string of the molecule is O=C(NCCCc1ccccc1)NCC1CCCN(c2nccs2)C1. The van der Waals surface area contributed by atoms with Crippen LogP contribution in [0.25, 0.3) is 0 Å². The summed E-state index contributed by atoms with van der Waals surface area (Å²) in [6, 6.07) is 10.3. The van der Waals surface area contributed by atoms with Crippen LogP contribution in [-0.2, 0) is 6.42 Å². The Morgan fingerprint density at radius 3 is 2.96 bits per heavy atom. The number of thiazole rings is 1. The zero-order valence-corrected chi connectivity index (χ0v) is 15.3. The first-order chi connectivity index (χ1) is 12.3. The number of carbonyl (C=O) groups excluding carboxylic acids is 1. The molecule has 1 aliphatic rings. The summed E-state index contributed by atoms with van der Waals surface area (Å²) in [5, 5.41) is 9.09. The monoisotopic (exact) mass is 358 g/mol. The minimum Gasteiger partial charge on any atom is -0.348 e. The number of anilines is 1. The van der Waals surface area contributed by atoms with Gasteiger partial charge in [0.2, 0.25) is 0 Å². The fraction of sp³-hybridized carbons (Fsp3) is 0.474. The number of hydrogen-bond acceptors (Lipinski definition) is 4. The van der Waals surface area contributed by atoms with Crippen molar-refractivity contribution < 1.29 is 4.79 Å². The van der Waals surface area contributed by atoms with Crippen molar-refractivity contribution >= 4 is 22.5 Å². The van der Waals surface area contributed by atoms with Gasteiger partial charge in [-0.15, -0.1) is 11.3 Å². The molecule has 25 heavy (non-hydrogen) atoms. The van der Waals surface area contributed by atoms with E-state index in [-0.39, 0.29) is 6.03 Å². The molecule has 2 amide bonds. The Balaban J connectivity index is 1.30. The predicted molar refractivity (Wildman–Crippen MR) is 103 cm³/mol. The van der Waals surface area contributed by atoms with Gasteiger partial charge in [0.25, 0.3) is 0 Å². The Bertz CT molecular complexity index is 632. The topological polar surface area (TPSA) is 57.3 Å². The number of nitrogens with one attached hydrogen (secondary N) is 2. The molecular formula is C19H26N4OS. The summed E-state index contributed by atoms with van der Waals surface area (Å²) in [7, 11) is 0. The highest BCUT2D eigenvalue weighted by atomic mass is 32.1. The predicted octanol–water partition coefficient (Wildman–Crippen LogP) is 3.29. The summed E-state index contributed by atoms with van der Waals surface area (Å²) >= 11 is 1.68. The standard InChI is InChI=1S/C19H26N4OS/c24-18(20-10-4-8-16-6-2-1-3-7-16)22-14-17-9-5-12-23(15-17)19-21-11-13-25-19/h1-3,6-7,11,13,17H,4-5,8-10,12,14-15H2,(H2,20,22,24). The van der Waals surface area contributed by atoms with E-state index in [1.165, 1.54) is 5.56 Å². The van der Waals surface area contributed by atoms with E-state index < -0.39 is 0 Å². The molecule has 1 saturated heterocycles. The molecule has 0 aliphatic carbocycles. The lowest BCUT2D eigenvalue weighted by Gasteiger charge is -2.32. The maximum Gasteiger partial charge on any atom is 0.314 e. The van der Waals surface area contributed by atoms with Gasteiger partial charge in [-0.25, -0.2) is 9.78 Å². The van der Waals surface area contributed by atoms with E-state index in [4.69, 9.17) is 0 Å². The van der Waals surface area contributed by atoms with Crippen LogP contribution < -0.4 is 15.5 Å². The first-order valence-corrected chi connectivity index (χ1v) is 9.89. The van der Waals surface area contributed by atoms with Gasteiger partial charge in [-0.05, 0) is 37.2 Å². The van der Waals surface area contributed by atoms with Crippen molar-refractivity contribution in [2.45, 2.75) is 25.7 Å². The molecule has 1 atom stereocenters. The summed E-state index contributed by atoms with van der Waals surface area (Å²) in [6.45, 7) is 3.47. The summed E-state index contributed by atoms with van der Waals surface area (Å²) < 4.78 is 0. The second-order valence-corrected chi connectivity index (χ2v) is 7.37. The van der Waals surface area contributed by atoms with Crippen LogP contribution in [0.5, 0.6) is 0 Å². The van der Waals surface area contributed by atoms with Crippen LogP contribution in [0.4, 0.5) is 9.93 Å². The Hall–Kier alpha value is -2.08. The van der Waals surface area contributed by atoms with Crippen LogP contribution in [-0.4, -0.2) is 37.2 Å². The number of carbonyl (C=O) groups is 1. The van der Waals surface area contributed by atoms with Crippen molar-refractivity contribution in [3.05, 3.63) is 47.5 Å². The van der Waals surface area contributed by atoms with Gasteiger partial charge in [-0.1, -0.05) is 30.3 Å². The molecule has 2 N–H and O–H groups in total. The lowest BCUT2D eigenvalue weighted by atomic mass is 9.98. The zero-order chi connectivity index (χ0) is 17.3. The smallest absolute Gasteiger partial charge is 0.314 e. The van der Waals surface area contributed by atoms with E-state index >= 15 is 0 Å². The van der Waals surface area contributed by atoms with Gasteiger partial charge in [0, 0.05) is 37.8 Å². The first kappa shape index (κ1) is 17.7. The van der Waals surface area contributed by atoms with Gasteiger partial charge in [-0.3, -0.25) is 0 Å². The van der Waals surface area contributed by atoms with Crippen molar-refractivity contribution in [3.8, 4) is 0 Å². The lowest BCUT2D eigenvalue weighted by Crippen LogP contribution is -2.44. The van der Waals surface area contributed by atoms with Crippen molar-refractivity contribution in [2.75, 3.05) is 31.1 Å². The quantitative estimate of drug-likeness (QED) is 0.747. The van der Waals surface area contributed by atoms with Crippen LogP contribution in [0, 0.1) is 5.92 Å². The van der Waals surface area contributed by atoms with Crippen molar-refractivity contribution in [1.29, 1.82) is 0 Å². The van der Waals surface area contributed by atoms with E-state index in [0.717, 1.165) is 50.4 Å². The van der Waals surface area contributed by atoms with Crippen molar-refractivity contribution in [2.24, 2.45) is 5.92 Å². The molecule has 3 rings (SSSR count). The summed E-state index contributed by atoms with van der Waals surface area (Å²) in [4.78, 5) is 18.7. The average Bonchev–Trinajstić information content (AvgIpc) is 3.19. The average molecular weight is 359 g/mol. The number of urea groups is 1. The molecule has 0 spiro atoms. The number of piperidine rings is 1. The highest BCUT2D eigenvalue weighted by Gasteiger charge is 2.21. The van der Waals surface area contributed by atoms with Crippen LogP contribution in [0.1, 0.15) is 24.8 Å². The number of aromatic nitrogens is 1. The van der Waals surface area contributed by atoms with Gasteiger partial charge in [0.05, 0.1) is 0 Å². The Morgan fingerprint density at radius 2 is 2.16 bits per heavy atom. The number of hydrogen-bond donors (Lipinski definition) is 2. The molecule has 134 valence electrons. The number of amides is 2. The van der Waals surface area contributed by atoms with E-state index in [9.17, 15) is 4.79 Å². The lowest BCUT2D eigenvalue weighted by molar-refractivity contribution is 0.237. The molecule has 1 fully saturated rings. The van der Waals surface area contributed by atoms with Gasteiger partial charge in [-0.2, -0.15) is 0 Å². The van der Waals surface area contributed by atoms with E-state index in [0.29, 0.717) is 12.5 Å². The largest absolute Gasteiger partial charge is 0.348 e. The van der Waals surface area contributed by atoms with Crippen LogP contribution in [0.3, 0.4) is 0 Å². The van der Waals surface area contributed by atoms with Crippen LogP contribution in [0.15, 0.2) is 41.9 Å². The van der Waals surface area contributed by atoms with Gasteiger partial charge in [0.1, 0.15) is 0 Å². The molecule has 0 radical (unpaired) electrons. The number of nitrogens with zero attached hydrogens (tertiary/aromatic N) is 2. The third kappa shape index (κ3) is 5.74. The minimum absolute atomic E-state index is 0.0561. The molecule has 1 aliphatic heterocycles. The normalized spacial score (nSPS) is 17.3. The van der Waals surface area contributed by atoms with Gasteiger partial charge >= 0.3 is 6.03 Å². The Labute approximate surface area is 153 Å². The molecule has 0 saturated carbocycles. The van der Waals surface area contributed by atoms with Crippen LogP contribution in [0.2, 0.25) is 0 Å². The molecule has 1 aromatic carbocycles. The number of aryl methyl sites for hydroxylation is 1. The fourth-order valence-corrected chi connectivity index (χ4v) is 3.90. The maximum atomic E-state index is 12.0. The number of benzene rings is 1. The fourth-order valence-electron chi connectivity index (χ4n) is 3.22. The molecule has 1 aromatic heterocycles. The van der Waals surface area contributed by atoms with Crippen LogP contribution >= 0.6 is 11.3 Å². The summed E-state index contributed by atoms with van der Waals surface area (Å²) in [5.41, 5.74) is 1.31. The summed E-state index contributed by atoms with van der Waals surface area (Å²) in [6.07, 6.45) is 6.12. The summed E-state index contributed by atoms with van der Waals surface area (Å²) in [5.74, 6) is 0.493. The van der Waals surface area contributed by atoms with E-state index in [1.54, 1.807) is 11.3 Å². The Morgan fingerprint density at radius 1 is 1.28 bits per heavy atom. The third-order valence-corrected chi connectivity index (χ3v) is 5.36. The van der Waals surface area contributed by atoms with E-state index in [1.807, 2.05) is 17.6 Å². The Kier molecular flexibility index (Phi) is 6.68. The second-order valence-electron chi connectivity index (χ2n) is 6.49. The second kappa shape index (κ2) is 9.42. The zero-order valence-electron chi connectivity index (χ0n) is 14.5. The maximum absolute atomic E-state index is 12.0. The first-order valence-electron chi connectivity index (χ1n) is 9.01.